The Morgan fingerprint density at radius 3 is 2.53 bits per heavy atom. The van der Waals surface area contributed by atoms with Crippen LogP contribution in [0.5, 0.6) is 0 Å². The van der Waals surface area contributed by atoms with Gasteiger partial charge in [-0.1, -0.05) is 20.8 Å². The molecule has 1 N–H and O–H groups in total. The molecule has 90 valence electrons. The summed E-state index contributed by atoms with van der Waals surface area (Å²) in [6, 6.07) is 0.535. The molecule has 2 atom stereocenters. The highest BCUT2D eigenvalue weighted by molar-refractivity contribution is 4.92. The van der Waals surface area contributed by atoms with Crippen molar-refractivity contribution in [3.05, 3.63) is 0 Å². The molecule has 1 aliphatic heterocycles. The van der Waals surface area contributed by atoms with Crippen LogP contribution in [-0.2, 0) is 4.74 Å². The number of nitrogens with one attached hydrogen (secondary N) is 1. The Morgan fingerprint density at radius 1 is 1.33 bits per heavy atom. The van der Waals surface area contributed by atoms with E-state index >= 15 is 0 Å². The Balaban J connectivity index is 2.48. The molecular formula is C13H27NO. The maximum absolute atomic E-state index is 5.92. The maximum Gasteiger partial charge on any atom is 0.0807 e. The molecule has 0 bridgehead atoms. The minimum atomic E-state index is 0.0882. The third-order valence-corrected chi connectivity index (χ3v) is 3.47. The first kappa shape index (κ1) is 13.0. The second-order valence-electron chi connectivity index (χ2n) is 5.35. The second kappa shape index (κ2) is 5.86. The van der Waals surface area contributed by atoms with Crippen molar-refractivity contribution in [2.75, 3.05) is 13.2 Å². The summed E-state index contributed by atoms with van der Waals surface area (Å²) in [5.41, 5.74) is 0.0882. The van der Waals surface area contributed by atoms with Crippen molar-refractivity contribution in [2.24, 2.45) is 5.92 Å². The van der Waals surface area contributed by atoms with Crippen LogP contribution in [0.4, 0.5) is 0 Å². The van der Waals surface area contributed by atoms with Gasteiger partial charge in [-0.2, -0.15) is 0 Å². The summed E-state index contributed by atoms with van der Waals surface area (Å²) in [5.74, 6) is 0.788. The molecule has 0 amide bonds. The average Bonchev–Trinajstić information content (AvgIpc) is 2.60. The molecule has 2 heteroatoms. The van der Waals surface area contributed by atoms with Crippen LogP contribution in [0.1, 0.15) is 53.4 Å². The Bertz CT molecular complexity index is 173. The van der Waals surface area contributed by atoms with Crippen molar-refractivity contribution < 1.29 is 4.74 Å². The van der Waals surface area contributed by atoms with Gasteiger partial charge in [-0.25, -0.2) is 0 Å². The van der Waals surface area contributed by atoms with E-state index in [1.807, 2.05) is 0 Å². The first-order valence-electron chi connectivity index (χ1n) is 6.46. The lowest BCUT2D eigenvalue weighted by molar-refractivity contribution is -0.0146. The zero-order valence-corrected chi connectivity index (χ0v) is 10.8. The summed E-state index contributed by atoms with van der Waals surface area (Å²) in [6.07, 6.45) is 4.96. The molecule has 0 aromatic carbocycles. The lowest BCUT2D eigenvalue weighted by Crippen LogP contribution is -2.48. The molecule has 0 radical (unpaired) electrons. The van der Waals surface area contributed by atoms with Gasteiger partial charge < -0.3 is 10.1 Å². The van der Waals surface area contributed by atoms with Crippen LogP contribution < -0.4 is 5.32 Å². The predicted octanol–water partition coefficient (Wildman–Crippen LogP) is 2.97. The van der Waals surface area contributed by atoms with Crippen LogP contribution in [0.25, 0.3) is 0 Å². The monoisotopic (exact) mass is 213 g/mol. The Hall–Kier alpha value is -0.0800. The van der Waals surface area contributed by atoms with Gasteiger partial charge in [-0.3, -0.25) is 0 Å². The summed E-state index contributed by atoms with van der Waals surface area (Å²) in [5, 5.41) is 3.60. The quantitative estimate of drug-likeness (QED) is 0.732. The molecule has 1 fully saturated rings. The summed E-state index contributed by atoms with van der Waals surface area (Å²) >= 11 is 0. The van der Waals surface area contributed by atoms with Gasteiger partial charge in [0.25, 0.3) is 0 Å². The van der Waals surface area contributed by atoms with Gasteiger partial charge in [-0.15, -0.1) is 0 Å². The van der Waals surface area contributed by atoms with Crippen molar-refractivity contribution >= 4 is 0 Å². The molecule has 1 heterocycles. The standard InChI is InChI=1S/C13H27NO/c1-5-14-12(8-7-11(2)3)13(4)9-6-10-15-13/h11-12,14H,5-10H2,1-4H3. The van der Waals surface area contributed by atoms with E-state index in [1.165, 1.54) is 25.7 Å². The largest absolute Gasteiger partial charge is 0.374 e. The third-order valence-electron chi connectivity index (χ3n) is 3.47. The maximum atomic E-state index is 5.92. The van der Waals surface area contributed by atoms with E-state index < -0.39 is 0 Å². The molecule has 15 heavy (non-hydrogen) atoms. The highest BCUT2D eigenvalue weighted by atomic mass is 16.5. The minimum absolute atomic E-state index is 0.0882. The molecule has 0 spiro atoms. The number of ether oxygens (including phenoxy) is 1. The zero-order chi connectivity index (χ0) is 11.3. The highest BCUT2D eigenvalue weighted by Crippen LogP contribution is 2.31. The number of likely N-dealkylation sites (N-methyl/N-ethyl adjacent to an activating group) is 1. The molecule has 0 aromatic heterocycles. The van der Waals surface area contributed by atoms with Crippen LogP contribution in [0.3, 0.4) is 0 Å². The zero-order valence-electron chi connectivity index (χ0n) is 10.8. The van der Waals surface area contributed by atoms with Gasteiger partial charge in [0, 0.05) is 12.6 Å². The van der Waals surface area contributed by atoms with Crippen LogP contribution in [0.2, 0.25) is 0 Å². The lowest BCUT2D eigenvalue weighted by atomic mass is 9.88. The molecule has 2 nitrogen and oxygen atoms in total. The molecule has 2 unspecified atom stereocenters. The molecule has 1 rings (SSSR count). The smallest absolute Gasteiger partial charge is 0.0807 e. The van der Waals surface area contributed by atoms with Gasteiger partial charge in [0.15, 0.2) is 0 Å². The topological polar surface area (TPSA) is 21.3 Å². The van der Waals surface area contributed by atoms with Crippen molar-refractivity contribution in [2.45, 2.75) is 65.0 Å². The molecule has 0 aliphatic carbocycles. The van der Waals surface area contributed by atoms with Gasteiger partial charge in [0.2, 0.25) is 0 Å². The Kier molecular flexibility index (Phi) is 5.07. The highest BCUT2D eigenvalue weighted by Gasteiger charge is 2.37. The minimum Gasteiger partial charge on any atom is -0.374 e. The summed E-state index contributed by atoms with van der Waals surface area (Å²) in [4.78, 5) is 0. The van der Waals surface area contributed by atoms with Crippen LogP contribution in [0, 0.1) is 5.92 Å². The number of rotatable bonds is 6. The van der Waals surface area contributed by atoms with E-state index in [9.17, 15) is 0 Å². The molecule has 0 aromatic rings. The normalized spacial score (nSPS) is 28.6. The second-order valence-corrected chi connectivity index (χ2v) is 5.35. The lowest BCUT2D eigenvalue weighted by Gasteiger charge is -2.34. The van der Waals surface area contributed by atoms with E-state index in [0.717, 1.165) is 19.1 Å². The van der Waals surface area contributed by atoms with E-state index in [0.29, 0.717) is 6.04 Å². The van der Waals surface area contributed by atoms with Crippen molar-refractivity contribution in [3.63, 3.8) is 0 Å². The molecule has 0 saturated carbocycles. The van der Waals surface area contributed by atoms with Gasteiger partial charge >= 0.3 is 0 Å². The fourth-order valence-electron chi connectivity index (χ4n) is 2.45. The summed E-state index contributed by atoms with van der Waals surface area (Å²) in [6.45, 7) is 11.0. The fraction of sp³-hybridized carbons (Fsp3) is 1.00. The third kappa shape index (κ3) is 3.76. The first-order chi connectivity index (χ1) is 7.08. The van der Waals surface area contributed by atoms with Gasteiger partial charge in [0.1, 0.15) is 0 Å². The Labute approximate surface area is 94.8 Å². The molecule has 1 aliphatic rings. The summed E-state index contributed by atoms with van der Waals surface area (Å²) in [7, 11) is 0. The number of hydrogen-bond donors (Lipinski definition) is 1. The fourth-order valence-corrected chi connectivity index (χ4v) is 2.45. The molecule has 1 saturated heterocycles. The Morgan fingerprint density at radius 2 is 2.07 bits per heavy atom. The van der Waals surface area contributed by atoms with Crippen LogP contribution in [-0.4, -0.2) is 24.8 Å². The van der Waals surface area contributed by atoms with Crippen molar-refractivity contribution in [3.8, 4) is 0 Å². The first-order valence-corrected chi connectivity index (χ1v) is 6.46. The van der Waals surface area contributed by atoms with E-state index in [-0.39, 0.29) is 5.60 Å². The number of hydrogen-bond acceptors (Lipinski definition) is 2. The van der Waals surface area contributed by atoms with E-state index in [1.54, 1.807) is 0 Å². The van der Waals surface area contributed by atoms with Crippen molar-refractivity contribution in [1.82, 2.24) is 5.32 Å². The van der Waals surface area contributed by atoms with E-state index in [2.05, 4.69) is 33.0 Å². The van der Waals surface area contributed by atoms with E-state index in [4.69, 9.17) is 4.74 Å². The van der Waals surface area contributed by atoms with Gasteiger partial charge in [-0.05, 0) is 45.1 Å². The average molecular weight is 213 g/mol. The van der Waals surface area contributed by atoms with Crippen LogP contribution in [0.15, 0.2) is 0 Å². The van der Waals surface area contributed by atoms with Crippen molar-refractivity contribution in [1.29, 1.82) is 0 Å². The summed E-state index contributed by atoms with van der Waals surface area (Å²) < 4.78 is 5.92. The predicted molar refractivity (Wildman–Crippen MR) is 65.1 cm³/mol. The SMILES string of the molecule is CCNC(CCC(C)C)C1(C)CCCO1. The van der Waals surface area contributed by atoms with Gasteiger partial charge in [0.05, 0.1) is 5.60 Å². The van der Waals surface area contributed by atoms with Crippen LogP contribution >= 0.6 is 0 Å². The molecular weight excluding hydrogens is 186 g/mol.